The van der Waals surface area contributed by atoms with E-state index in [1.165, 1.54) is 11.1 Å². The van der Waals surface area contributed by atoms with E-state index in [1.807, 2.05) is 53.3 Å². The Balaban J connectivity index is 1.58. The normalized spacial score (nSPS) is 10.3. The van der Waals surface area contributed by atoms with Crippen LogP contribution in [0, 0.1) is 6.92 Å². The van der Waals surface area contributed by atoms with E-state index < -0.39 is 0 Å². The molecule has 2 N–H and O–H groups in total. The second-order valence-electron chi connectivity index (χ2n) is 5.36. The molecule has 1 aromatic heterocycles. The van der Waals surface area contributed by atoms with Crippen LogP contribution in [0.15, 0.2) is 67.0 Å². The minimum absolute atomic E-state index is 0.549. The highest BCUT2D eigenvalue weighted by molar-refractivity contribution is 7.80. The lowest BCUT2D eigenvalue weighted by Crippen LogP contribution is -2.18. The Morgan fingerprint density at radius 1 is 1.00 bits per heavy atom. The van der Waals surface area contributed by atoms with Crippen molar-refractivity contribution in [2.45, 2.75) is 13.5 Å². The average Bonchev–Trinajstić information content (AvgIpc) is 2.97. The Hall–Kier alpha value is -2.66. The van der Waals surface area contributed by atoms with Crippen molar-refractivity contribution in [1.82, 2.24) is 9.78 Å². The molecule has 0 atom stereocenters. The molecular formula is C18H18N4S. The predicted molar refractivity (Wildman–Crippen MR) is 98.8 cm³/mol. The number of rotatable bonds is 4. The largest absolute Gasteiger partial charge is 0.332 e. The summed E-state index contributed by atoms with van der Waals surface area (Å²) in [5, 5.41) is 11.2. The zero-order valence-corrected chi connectivity index (χ0v) is 13.7. The number of thiocarbonyl (C=S) groups is 1. The van der Waals surface area contributed by atoms with Crippen LogP contribution in [0.5, 0.6) is 0 Å². The van der Waals surface area contributed by atoms with Crippen molar-refractivity contribution in [2.75, 3.05) is 10.6 Å². The van der Waals surface area contributed by atoms with Gasteiger partial charge in [-0.3, -0.25) is 4.68 Å². The van der Waals surface area contributed by atoms with E-state index in [4.69, 9.17) is 12.2 Å². The quantitative estimate of drug-likeness (QED) is 0.711. The Morgan fingerprint density at radius 3 is 2.43 bits per heavy atom. The Bertz CT molecular complexity index is 778. The van der Waals surface area contributed by atoms with Crippen LogP contribution in [0.1, 0.15) is 11.1 Å². The molecule has 5 heteroatoms. The molecule has 0 saturated carbocycles. The van der Waals surface area contributed by atoms with Gasteiger partial charge in [-0.1, -0.05) is 48.0 Å². The molecule has 0 spiro atoms. The molecule has 0 unspecified atom stereocenters. The van der Waals surface area contributed by atoms with Gasteiger partial charge in [-0.25, -0.2) is 0 Å². The smallest absolute Gasteiger partial charge is 0.175 e. The van der Waals surface area contributed by atoms with Crippen molar-refractivity contribution >= 4 is 28.7 Å². The molecule has 0 bridgehead atoms. The number of nitrogens with zero attached hydrogens (tertiary/aromatic N) is 2. The summed E-state index contributed by atoms with van der Waals surface area (Å²) in [7, 11) is 0. The standard InChI is InChI=1S/C18H18N4S/c1-14-7-9-16(10-8-14)20-18(23)21-17-11-19-22(13-17)12-15-5-3-2-4-6-15/h2-11,13H,12H2,1H3,(H2,20,21,23). The van der Waals surface area contributed by atoms with Crippen LogP contribution in [0.25, 0.3) is 0 Å². The molecule has 0 radical (unpaired) electrons. The molecule has 1 heterocycles. The summed E-state index contributed by atoms with van der Waals surface area (Å²) in [5.74, 6) is 0. The van der Waals surface area contributed by atoms with Crippen LogP contribution in [0.2, 0.25) is 0 Å². The summed E-state index contributed by atoms with van der Waals surface area (Å²) in [6.45, 7) is 2.79. The molecule has 0 fully saturated rings. The molecular weight excluding hydrogens is 304 g/mol. The first-order chi connectivity index (χ1) is 11.2. The van der Waals surface area contributed by atoms with Crippen molar-refractivity contribution in [3.63, 3.8) is 0 Å². The topological polar surface area (TPSA) is 41.9 Å². The van der Waals surface area contributed by atoms with Gasteiger partial charge < -0.3 is 10.6 Å². The fraction of sp³-hybridized carbons (Fsp3) is 0.111. The second kappa shape index (κ2) is 7.07. The van der Waals surface area contributed by atoms with Crippen molar-refractivity contribution < 1.29 is 0 Å². The highest BCUT2D eigenvalue weighted by Crippen LogP contribution is 2.11. The van der Waals surface area contributed by atoms with Crippen molar-refractivity contribution in [1.29, 1.82) is 0 Å². The van der Waals surface area contributed by atoms with E-state index in [2.05, 4.69) is 34.8 Å². The fourth-order valence-electron chi connectivity index (χ4n) is 2.22. The van der Waals surface area contributed by atoms with E-state index in [0.29, 0.717) is 5.11 Å². The van der Waals surface area contributed by atoms with E-state index >= 15 is 0 Å². The fourth-order valence-corrected chi connectivity index (χ4v) is 2.45. The van der Waals surface area contributed by atoms with E-state index in [9.17, 15) is 0 Å². The Morgan fingerprint density at radius 2 is 1.70 bits per heavy atom. The van der Waals surface area contributed by atoms with Crippen LogP contribution in [0.4, 0.5) is 11.4 Å². The van der Waals surface area contributed by atoms with Gasteiger partial charge in [-0.2, -0.15) is 5.10 Å². The maximum Gasteiger partial charge on any atom is 0.175 e. The zero-order chi connectivity index (χ0) is 16.1. The minimum Gasteiger partial charge on any atom is -0.332 e. The first-order valence-electron chi connectivity index (χ1n) is 7.40. The summed E-state index contributed by atoms with van der Waals surface area (Å²) < 4.78 is 1.88. The molecule has 0 aliphatic heterocycles. The molecule has 0 aliphatic rings. The Kier molecular flexibility index (Phi) is 4.68. The van der Waals surface area contributed by atoms with Crippen molar-refractivity contribution in [3.8, 4) is 0 Å². The van der Waals surface area contributed by atoms with Crippen LogP contribution in [-0.2, 0) is 6.54 Å². The average molecular weight is 322 g/mol. The molecule has 0 saturated heterocycles. The van der Waals surface area contributed by atoms with E-state index in [0.717, 1.165) is 17.9 Å². The third-order valence-corrected chi connectivity index (χ3v) is 3.59. The lowest BCUT2D eigenvalue weighted by atomic mass is 10.2. The van der Waals surface area contributed by atoms with Gasteiger partial charge in [0.05, 0.1) is 18.4 Å². The van der Waals surface area contributed by atoms with E-state index in [1.54, 1.807) is 6.20 Å². The molecule has 23 heavy (non-hydrogen) atoms. The van der Waals surface area contributed by atoms with Gasteiger partial charge in [0, 0.05) is 11.9 Å². The van der Waals surface area contributed by atoms with Gasteiger partial charge in [0.25, 0.3) is 0 Å². The predicted octanol–water partition coefficient (Wildman–Crippen LogP) is 4.05. The minimum atomic E-state index is 0.549. The lowest BCUT2D eigenvalue weighted by molar-refractivity contribution is 0.687. The molecule has 3 rings (SSSR count). The van der Waals surface area contributed by atoms with Gasteiger partial charge in [0.2, 0.25) is 0 Å². The molecule has 2 aromatic carbocycles. The summed E-state index contributed by atoms with van der Waals surface area (Å²) >= 11 is 5.33. The van der Waals surface area contributed by atoms with Gasteiger partial charge >= 0.3 is 0 Å². The van der Waals surface area contributed by atoms with Crippen LogP contribution in [0.3, 0.4) is 0 Å². The third kappa shape index (κ3) is 4.40. The van der Waals surface area contributed by atoms with Crippen molar-refractivity contribution in [2.24, 2.45) is 0 Å². The van der Waals surface area contributed by atoms with Crippen molar-refractivity contribution in [3.05, 3.63) is 78.1 Å². The first kappa shape index (κ1) is 15.2. The monoisotopic (exact) mass is 322 g/mol. The van der Waals surface area contributed by atoms with Crippen LogP contribution < -0.4 is 10.6 Å². The molecule has 0 amide bonds. The first-order valence-corrected chi connectivity index (χ1v) is 7.81. The number of anilines is 2. The maximum atomic E-state index is 5.33. The van der Waals surface area contributed by atoms with Gasteiger partial charge in [-0.15, -0.1) is 0 Å². The lowest BCUT2D eigenvalue weighted by Gasteiger charge is -2.09. The van der Waals surface area contributed by atoms with Gasteiger partial charge in [0.15, 0.2) is 5.11 Å². The highest BCUT2D eigenvalue weighted by Gasteiger charge is 2.02. The number of nitrogens with one attached hydrogen (secondary N) is 2. The highest BCUT2D eigenvalue weighted by atomic mass is 32.1. The number of hydrogen-bond donors (Lipinski definition) is 2. The Labute approximate surface area is 141 Å². The van der Waals surface area contributed by atoms with Crippen LogP contribution in [-0.4, -0.2) is 14.9 Å². The SMILES string of the molecule is Cc1ccc(NC(=S)Nc2cnn(Cc3ccccc3)c2)cc1. The molecule has 0 aliphatic carbocycles. The molecule has 116 valence electrons. The maximum absolute atomic E-state index is 5.33. The number of aryl methyl sites for hydroxylation is 1. The number of aromatic nitrogens is 2. The molecule has 4 nitrogen and oxygen atoms in total. The number of hydrogen-bond acceptors (Lipinski definition) is 2. The van der Waals surface area contributed by atoms with Gasteiger partial charge in [-0.05, 0) is 36.8 Å². The second-order valence-corrected chi connectivity index (χ2v) is 5.77. The number of benzene rings is 2. The van der Waals surface area contributed by atoms with Crippen LogP contribution >= 0.6 is 12.2 Å². The summed E-state index contributed by atoms with van der Waals surface area (Å²) in [6.07, 6.45) is 3.71. The van der Waals surface area contributed by atoms with Gasteiger partial charge in [0.1, 0.15) is 0 Å². The molecule has 3 aromatic rings. The third-order valence-electron chi connectivity index (χ3n) is 3.39. The summed E-state index contributed by atoms with van der Waals surface area (Å²) in [6, 6.07) is 18.3. The summed E-state index contributed by atoms with van der Waals surface area (Å²) in [4.78, 5) is 0. The zero-order valence-electron chi connectivity index (χ0n) is 12.9. The van der Waals surface area contributed by atoms with E-state index in [-0.39, 0.29) is 0 Å². The summed E-state index contributed by atoms with van der Waals surface area (Å²) in [5.41, 5.74) is 4.26.